The van der Waals surface area contributed by atoms with Gasteiger partial charge in [0.05, 0.1) is 28.5 Å². The van der Waals surface area contributed by atoms with Gasteiger partial charge < -0.3 is 15.3 Å². The number of anilines is 1. The third kappa shape index (κ3) is 4.93. The van der Waals surface area contributed by atoms with Gasteiger partial charge in [-0.3, -0.25) is 4.72 Å². The fourth-order valence-corrected chi connectivity index (χ4v) is 3.68. The third-order valence-electron chi connectivity index (χ3n) is 4.49. The molecule has 154 valence electrons. The van der Waals surface area contributed by atoms with E-state index in [0.29, 0.717) is 17.2 Å². The Morgan fingerprint density at radius 3 is 2.07 bits per heavy atom. The summed E-state index contributed by atoms with van der Waals surface area (Å²) < 4.78 is 24.6. The predicted octanol–water partition coefficient (Wildman–Crippen LogP) is 3.39. The number of imidazole rings is 2. The standard InChI is InChI=1S/C11H15N3.C9H11N3O2S/c1-7(12-3)9-5-4-6-10-11(9)14-8(2)13-10;1-6-10-7-4-3-5-8(9(7)11-6)12-15(2,13)14/h4-7,12H,1-3H3,(H,13,14);3-5,12H,1-2H3,(H,10,11). The van der Waals surface area contributed by atoms with E-state index in [1.54, 1.807) is 12.1 Å². The highest BCUT2D eigenvalue weighted by atomic mass is 32.2. The lowest BCUT2D eigenvalue weighted by Crippen LogP contribution is -2.12. The van der Waals surface area contributed by atoms with Gasteiger partial charge in [0, 0.05) is 6.04 Å². The summed E-state index contributed by atoms with van der Waals surface area (Å²) in [5, 5.41) is 3.23. The van der Waals surface area contributed by atoms with Gasteiger partial charge >= 0.3 is 0 Å². The molecule has 8 nitrogen and oxygen atoms in total. The lowest BCUT2D eigenvalue weighted by Gasteiger charge is -2.10. The number of nitrogens with one attached hydrogen (secondary N) is 4. The van der Waals surface area contributed by atoms with Gasteiger partial charge in [-0.25, -0.2) is 18.4 Å². The molecule has 29 heavy (non-hydrogen) atoms. The normalized spacial score (nSPS) is 12.6. The number of aromatic amines is 2. The van der Waals surface area contributed by atoms with Crippen LogP contribution in [0, 0.1) is 13.8 Å². The molecule has 2 aromatic heterocycles. The predicted molar refractivity (Wildman–Crippen MR) is 118 cm³/mol. The van der Waals surface area contributed by atoms with Crippen LogP contribution in [0.1, 0.15) is 30.2 Å². The molecule has 0 bridgehead atoms. The summed E-state index contributed by atoms with van der Waals surface area (Å²) in [6.07, 6.45) is 1.12. The van der Waals surface area contributed by atoms with E-state index < -0.39 is 10.0 Å². The summed E-state index contributed by atoms with van der Waals surface area (Å²) in [4.78, 5) is 15.0. The van der Waals surface area contributed by atoms with Crippen LogP contribution in [0.2, 0.25) is 0 Å². The summed E-state index contributed by atoms with van der Waals surface area (Å²) in [7, 11) is -1.30. The molecule has 9 heteroatoms. The van der Waals surface area contributed by atoms with E-state index in [2.05, 4.69) is 55.1 Å². The number of rotatable bonds is 4. The van der Waals surface area contributed by atoms with E-state index in [0.717, 1.165) is 34.5 Å². The van der Waals surface area contributed by atoms with Crippen LogP contribution in [0.5, 0.6) is 0 Å². The largest absolute Gasteiger partial charge is 0.342 e. The van der Waals surface area contributed by atoms with Gasteiger partial charge in [-0.2, -0.15) is 0 Å². The van der Waals surface area contributed by atoms with Crippen LogP contribution < -0.4 is 10.0 Å². The van der Waals surface area contributed by atoms with Gasteiger partial charge in [0.15, 0.2) is 0 Å². The van der Waals surface area contributed by atoms with Gasteiger partial charge in [-0.15, -0.1) is 0 Å². The van der Waals surface area contributed by atoms with E-state index in [-0.39, 0.29) is 0 Å². The van der Waals surface area contributed by atoms with E-state index in [1.165, 1.54) is 5.56 Å². The average molecular weight is 415 g/mol. The lowest BCUT2D eigenvalue weighted by atomic mass is 10.1. The maximum Gasteiger partial charge on any atom is 0.229 e. The Bertz CT molecular complexity index is 1240. The molecule has 0 amide bonds. The molecule has 0 radical (unpaired) electrons. The molecule has 0 aliphatic carbocycles. The Hall–Kier alpha value is -2.91. The lowest BCUT2D eigenvalue weighted by molar-refractivity contribution is 0.607. The van der Waals surface area contributed by atoms with E-state index in [9.17, 15) is 8.42 Å². The van der Waals surface area contributed by atoms with Crippen molar-refractivity contribution < 1.29 is 8.42 Å². The Kier molecular flexibility index (Phi) is 5.90. The molecule has 2 heterocycles. The second-order valence-corrected chi connectivity index (χ2v) is 8.72. The Labute approximate surface area is 170 Å². The van der Waals surface area contributed by atoms with Crippen molar-refractivity contribution >= 4 is 37.8 Å². The molecule has 0 fully saturated rings. The Morgan fingerprint density at radius 1 is 0.931 bits per heavy atom. The molecule has 1 atom stereocenters. The minimum Gasteiger partial charge on any atom is -0.342 e. The minimum atomic E-state index is -3.26. The topological polar surface area (TPSA) is 116 Å². The summed E-state index contributed by atoms with van der Waals surface area (Å²) >= 11 is 0. The van der Waals surface area contributed by atoms with Crippen LogP contribution in [-0.4, -0.2) is 41.7 Å². The van der Waals surface area contributed by atoms with Crippen molar-refractivity contribution in [1.29, 1.82) is 0 Å². The second-order valence-electron chi connectivity index (χ2n) is 6.97. The molecule has 0 saturated carbocycles. The molecular weight excluding hydrogens is 388 g/mol. The molecule has 2 aromatic carbocycles. The summed E-state index contributed by atoms with van der Waals surface area (Å²) in [6.45, 7) is 5.94. The van der Waals surface area contributed by atoms with Crippen LogP contribution in [0.4, 0.5) is 5.69 Å². The number of H-pyrrole nitrogens is 2. The van der Waals surface area contributed by atoms with Crippen molar-refractivity contribution in [2.45, 2.75) is 26.8 Å². The molecule has 1 unspecified atom stereocenters. The van der Waals surface area contributed by atoms with Gasteiger partial charge in [0.25, 0.3) is 0 Å². The van der Waals surface area contributed by atoms with Crippen LogP contribution in [0.25, 0.3) is 22.1 Å². The van der Waals surface area contributed by atoms with Crippen LogP contribution in [-0.2, 0) is 10.0 Å². The molecule has 4 rings (SSSR count). The van der Waals surface area contributed by atoms with Crippen molar-refractivity contribution in [3.63, 3.8) is 0 Å². The SMILES string of the molecule is CNC(C)c1cccc2[nH]c(C)nc12.Cc1nc2c(NS(C)(=O)=O)cccc2[nH]1. The molecule has 0 aliphatic heterocycles. The number of nitrogens with zero attached hydrogens (tertiary/aromatic N) is 2. The fraction of sp³-hybridized carbons (Fsp3) is 0.300. The van der Waals surface area contributed by atoms with Gasteiger partial charge in [0.1, 0.15) is 17.2 Å². The highest BCUT2D eigenvalue weighted by Gasteiger charge is 2.10. The highest BCUT2D eigenvalue weighted by molar-refractivity contribution is 7.92. The first-order valence-corrected chi connectivity index (χ1v) is 11.1. The zero-order valence-corrected chi connectivity index (χ0v) is 18.0. The zero-order chi connectivity index (χ0) is 21.2. The third-order valence-corrected chi connectivity index (χ3v) is 5.08. The van der Waals surface area contributed by atoms with E-state index in [4.69, 9.17) is 0 Å². The van der Waals surface area contributed by atoms with Gasteiger partial charge in [-0.05, 0) is 51.6 Å². The molecule has 0 aliphatic rings. The average Bonchev–Trinajstić information content (AvgIpc) is 3.21. The quantitative estimate of drug-likeness (QED) is 0.408. The Balaban J connectivity index is 0.000000166. The number of sulfonamides is 1. The first kappa shape index (κ1) is 20.8. The monoisotopic (exact) mass is 414 g/mol. The van der Waals surface area contributed by atoms with Crippen LogP contribution in [0.3, 0.4) is 0 Å². The van der Waals surface area contributed by atoms with Gasteiger partial charge in [0.2, 0.25) is 10.0 Å². The number of fused-ring (bicyclic) bond motifs is 2. The first-order valence-electron chi connectivity index (χ1n) is 9.23. The van der Waals surface area contributed by atoms with E-state index in [1.807, 2.05) is 27.0 Å². The zero-order valence-electron chi connectivity index (χ0n) is 17.2. The summed E-state index contributed by atoms with van der Waals surface area (Å²) in [5.41, 5.74) is 5.39. The van der Waals surface area contributed by atoms with E-state index >= 15 is 0 Å². The number of hydrogen-bond donors (Lipinski definition) is 4. The molecule has 0 saturated heterocycles. The maximum atomic E-state index is 11.1. The number of aromatic nitrogens is 4. The van der Waals surface area contributed by atoms with Crippen LogP contribution in [0.15, 0.2) is 36.4 Å². The molecular formula is C20H26N6O2S. The summed E-state index contributed by atoms with van der Waals surface area (Å²) in [5.74, 6) is 1.73. The highest BCUT2D eigenvalue weighted by Crippen LogP contribution is 2.22. The molecule has 0 spiro atoms. The first-order chi connectivity index (χ1) is 13.7. The smallest absolute Gasteiger partial charge is 0.229 e. The second kappa shape index (κ2) is 8.22. The number of hydrogen-bond acceptors (Lipinski definition) is 5. The minimum absolute atomic E-state index is 0.335. The van der Waals surface area contributed by atoms with Crippen molar-refractivity contribution in [2.75, 3.05) is 18.0 Å². The number of para-hydroxylation sites is 2. The molecule has 4 N–H and O–H groups in total. The van der Waals surface area contributed by atoms with Crippen LogP contribution >= 0.6 is 0 Å². The molecule has 4 aromatic rings. The summed E-state index contributed by atoms with van der Waals surface area (Å²) in [6, 6.07) is 11.9. The van der Waals surface area contributed by atoms with Crippen molar-refractivity contribution in [3.05, 3.63) is 53.6 Å². The van der Waals surface area contributed by atoms with Crippen molar-refractivity contribution in [1.82, 2.24) is 25.3 Å². The maximum absolute atomic E-state index is 11.1. The van der Waals surface area contributed by atoms with Crippen molar-refractivity contribution in [2.24, 2.45) is 0 Å². The van der Waals surface area contributed by atoms with Crippen molar-refractivity contribution in [3.8, 4) is 0 Å². The Morgan fingerprint density at radius 2 is 1.48 bits per heavy atom. The number of aryl methyl sites for hydroxylation is 2. The number of benzene rings is 2. The van der Waals surface area contributed by atoms with Gasteiger partial charge in [-0.1, -0.05) is 18.2 Å². The fourth-order valence-electron chi connectivity index (χ4n) is 3.12.